The molecule has 5 nitrogen and oxygen atoms in total. The summed E-state index contributed by atoms with van der Waals surface area (Å²) in [6.07, 6.45) is -0.402. The predicted octanol–water partition coefficient (Wildman–Crippen LogP) is -0.00310. The second-order valence-electron chi connectivity index (χ2n) is 5.61. The van der Waals surface area contributed by atoms with Crippen LogP contribution in [-0.2, 0) is 16.0 Å². The monoisotopic (exact) mass is 277 g/mol. The van der Waals surface area contributed by atoms with Crippen molar-refractivity contribution in [1.82, 2.24) is 5.32 Å². The highest BCUT2D eigenvalue weighted by Gasteiger charge is 2.47. The third kappa shape index (κ3) is 2.70. The van der Waals surface area contributed by atoms with Crippen LogP contribution in [-0.4, -0.2) is 46.6 Å². The number of esters is 1. The first-order chi connectivity index (χ1) is 9.63. The molecule has 1 aromatic carbocycles. The Hall–Kier alpha value is -1.43. The second kappa shape index (κ2) is 5.52. The number of aliphatic hydroxyl groups is 2. The second-order valence-corrected chi connectivity index (χ2v) is 5.61. The molecule has 5 atom stereocenters. The highest BCUT2D eigenvalue weighted by atomic mass is 16.5. The van der Waals surface area contributed by atoms with Gasteiger partial charge in [-0.1, -0.05) is 30.3 Å². The molecular formula is C15H19NO4. The Kier molecular flexibility index (Phi) is 3.74. The van der Waals surface area contributed by atoms with Crippen molar-refractivity contribution in [3.8, 4) is 0 Å². The van der Waals surface area contributed by atoms with Gasteiger partial charge in [-0.15, -0.1) is 0 Å². The van der Waals surface area contributed by atoms with E-state index in [-0.39, 0.29) is 30.6 Å². The Bertz CT molecular complexity index is 462. The molecule has 2 heterocycles. The Morgan fingerprint density at radius 3 is 2.35 bits per heavy atom. The fraction of sp³-hybridized carbons (Fsp3) is 0.533. The predicted molar refractivity (Wildman–Crippen MR) is 72.0 cm³/mol. The van der Waals surface area contributed by atoms with E-state index < -0.39 is 12.2 Å². The number of hydrogen-bond acceptors (Lipinski definition) is 5. The van der Waals surface area contributed by atoms with Gasteiger partial charge in [-0.3, -0.25) is 4.79 Å². The molecule has 0 spiro atoms. The minimum Gasteiger partial charge on any atom is -0.462 e. The van der Waals surface area contributed by atoms with Gasteiger partial charge in [0.15, 0.2) is 0 Å². The number of nitrogens with one attached hydrogen (secondary N) is 1. The Balaban J connectivity index is 1.55. The van der Waals surface area contributed by atoms with Gasteiger partial charge in [0, 0.05) is 24.9 Å². The third-order valence-corrected chi connectivity index (χ3v) is 4.13. The van der Waals surface area contributed by atoms with Gasteiger partial charge in [0.05, 0.1) is 18.6 Å². The number of ether oxygens (including phenoxy) is 1. The standard InChI is InChI=1S/C15H19NO4/c17-13(6-9-4-2-1-3-5-9)20-10-7-11-14(18)15(19)12(8-10)16-11/h1-5,10-12,14-16,18-19H,6-8H2/t10?,11-,12+,14-,15+. The van der Waals surface area contributed by atoms with Crippen molar-refractivity contribution in [3.05, 3.63) is 35.9 Å². The molecule has 0 radical (unpaired) electrons. The number of carbonyl (C=O) groups excluding carboxylic acids is 1. The van der Waals surface area contributed by atoms with Crippen molar-refractivity contribution in [1.29, 1.82) is 0 Å². The number of piperidine rings is 1. The van der Waals surface area contributed by atoms with Crippen LogP contribution >= 0.6 is 0 Å². The van der Waals surface area contributed by atoms with E-state index in [1.54, 1.807) is 0 Å². The highest BCUT2D eigenvalue weighted by Crippen LogP contribution is 2.29. The highest BCUT2D eigenvalue weighted by molar-refractivity contribution is 5.72. The van der Waals surface area contributed by atoms with Gasteiger partial charge < -0.3 is 20.3 Å². The quantitative estimate of drug-likeness (QED) is 0.678. The molecule has 2 fully saturated rings. The van der Waals surface area contributed by atoms with Gasteiger partial charge in [-0.05, 0) is 5.56 Å². The van der Waals surface area contributed by atoms with Crippen LogP contribution in [0.4, 0.5) is 0 Å². The summed E-state index contributed by atoms with van der Waals surface area (Å²) in [7, 11) is 0. The zero-order chi connectivity index (χ0) is 14.1. The van der Waals surface area contributed by atoms with Gasteiger partial charge in [-0.25, -0.2) is 0 Å². The van der Waals surface area contributed by atoms with Gasteiger partial charge >= 0.3 is 5.97 Å². The van der Waals surface area contributed by atoms with Crippen molar-refractivity contribution < 1.29 is 19.7 Å². The minimum absolute atomic E-state index is 0.182. The summed E-state index contributed by atoms with van der Waals surface area (Å²) in [6.45, 7) is 0. The summed E-state index contributed by atoms with van der Waals surface area (Å²) in [5.74, 6) is -0.258. The van der Waals surface area contributed by atoms with Crippen LogP contribution < -0.4 is 5.32 Å². The SMILES string of the molecule is O=C(Cc1ccccc1)OC1C[C@@H]2N[C@H](C1)[C@@H](O)[C@H]2O. The molecule has 2 aliphatic heterocycles. The van der Waals surface area contributed by atoms with Gasteiger partial charge in [0.1, 0.15) is 6.10 Å². The lowest BCUT2D eigenvalue weighted by atomic mass is 10.0. The van der Waals surface area contributed by atoms with E-state index >= 15 is 0 Å². The number of benzene rings is 1. The first-order valence-corrected chi connectivity index (χ1v) is 6.99. The van der Waals surface area contributed by atoms with E-state index in [2.05, 4.69) is 5.32 Å². The summed E-state index contributed by atoms with van der Waals surface area (Å²) in [4.78, 5) is 11.9. The number of rotatable bonds is 3. The van der Waals surface area contributed by atoms with Crippen molar-refractivity contribution in [3.63, 3.8) is 0 Å². The zero-order valence-corrected chi connectivity index (χ0v) is 11.1. The van der Waals surface area contributed by atoms with Gasteiger partial charge in [0.25, 0.3) is 0 Å². The normalized spacial score (nSPS) is 35.8. The molecule has 5 heteroatoms. The molecule has 108 valence electrons. The van der Waals surface area contributed by atoms with Gasteiger partial charge in [-0.2, -0.15) is 0 Å². The van der Waals surface area contributed by atoms with Crippen LogP contribution in [0.1, 0.15) is 18.4 Å². The fourth-order valence-electron chi connectivity index (χ4n) is 3.11. The lowest BCUT2D eigenvalue weighted by molar-refractivity contribution is -0.150. The van der Waals surface area contributed by atoms with Crippen molar-refractivity contribution in [2.75, 3.05) is 0 Å². The largest absolute Gasteiger partial charge is 0.462 e. The number of aliphatic hydroxyl groups excluding tert-OH is 2. The molecule has 2 saturated heterocycles. The summed E-state index contributed by atoms with van der Waals surface area (Å²) >= 11 is 0. The average Bonchev–Trinajstić information content (AvgIpc) is 2.64. The summed E-state index contributed by atoms with van der Waals surface area (Å²) in [5, 5.41) is 22.8. The van der Waals surface area contributed by atoms with Crippen molar-refractivity contribution in [2.24, 2.45) is 0 Å². The van der Waals surface area contributed by atoms with Crippen LogP contribution in [0.2, 0.25) is 0 Å². The maximum absolute atomic E-state index is 11.9. The molecule has 2 aliphatic rings. The Morgan fingerprint density at radius 2 is 1.75 bits per heavy atom. The van der Waals surface area contributed by atoms with Gasteiger partial charge in [0.2, 0.25) is 0 Å². The molecular weight excluding hydrogens is 258 g/mol. The van der Waals surface area contributed by atoms with Crippen LogP contribution in [0.5, 0.6) is 0 Å². The number of fused-ring (bicyclic) bond motifs is 2. The lowest BCUT2D eigenvalue weighted by Crippen LogP contribution is -2.44. The maximum Gasteiger partial charge on any atom is 0.310 e. The Labute approximate surface area is 117 Å². The first kappa shape index (κ1) is 13.5. The molecule has 20 heavy (non-hydrogen) atoms. The Morgan fingerprint density at radius 1 is 1.15 bits per heavy atom. The maximum atomic E-state index is 11.9. The van der Waals surface area contributed by atoms with Crippen LogP contribution in [0.25, 0.3) is 0 Å². The van der Waals surface area contributed by atoms with Crippen molar-refractivity contribution in [2.45, 2.75) is 49.7 Å². The molecule has 0 saturated carbocycles. The topological polar surface area (TPSA) is 78.8 Å². The van der Waals surface area contributed by atoms with Crippen LogP contribution in [0.15, 0.2) is 30.3 Å². The van der Waals surface area contributed by atoms with E-state index in [9.17, 15) is 15.0 Å². The van der Waals surface area contributed by atoms with Crippen LogP contribution in [0.3, 0.4) is 0 Å². The summed E-state index contributed by atoms with van der Waals surface area (Å²) in [6, 6.07) is 9.10. The molecule has 0 amide bonds. The minimum atomic E-state index is -0.766. The van der Waals surface area contributed by atoms with E-state index in [0.717, 1.165) is 5.56 Å². The fourth-order valence-corrected chi connectivity index (χ4v) is 3.11. The van der Waals surface area contributed by atoms with E-state index in [4.69, 9.17) is 4.74 Å². The number of hydrogen-bond donors (Lipinski definition) is 3. The summed E-state index contributed by atoms with van der Waals surface area (Å²) < 4.78 is 5.47. The van der Waals surface area contributed by atoms with E-state index in [1.807, 2.05) is 30.3 Å². The molecule has 1 unspecified atom stereocenters. The average molecular weight is 277 g/mol. The van der Waals surface area contributed by atoms with E-state index in [0.29, 0.717) is 12.8 Å². The molecule has 1 aromatic rings. The first-order valence-electron chi connectivity index (χ1n) is 6.99. The smallest absolute Gasteiger partial charge is 0.310 e. The molecule has 3 N–H and O–H groups in total. The molecule has 0 aromatic heterocycles. The molecule has 3 rings (SSSR count). The summed E-state index contributed by atoms with van der Waals surface area (Å²) in [5.41, 5.74) is 0.925. The lowest BCUT2D eigenvalue weighted by Gasteiger charge is -2.29. The van der Waals surface area contributed by atoms with Crippen LogP contribution in [0, 0.1) is 0 Å². The zero-order valence-electron chi connectivity index (χ0n) is 11.1. The number of carbonyl (C=O) groups is 1. The third-order valence-electron chi connectivity index (χ3n) is 4.13. The molecule has 0 aliphatic carbocycles. The van der Waals surface area contributed by atoms with Crippen molar-refractivity contribution >= 4 is 5.97 Å². The van der Waals surface area contributed by atoms with E-state index in [1.165, 1.54) is 0 Å². The molecule has 2 bridgehead atoms.